The van der Waals surface area contributed by atoms with E-state index in [9.17, 15) is 9.59 Å². The Bertz CT molecular complexity index is 821. The molecule has 1 amide bonds. The number of aliphatic imine (C=N–C) groups is 1. The topological polar surface area (TPSA) is 77.4 Å². The molecule has 1 fully saturated rings. The van der Waals surface area contributed by atoms with Gasteiger partial charge in [-0.25, -0.2) is 0 Å². The number of ether oxygens (including phenoxy) is 3. The Morgan fingerprint density at radius 2 is 2.11 bits per heavy atom. The minimum absolute atomic E-state index is 0.175. The summed E-state index contributed by atoms with van der Waals surface area (Å²) in [5.74, 6) is 0.606. The summed E-state index contributed by atoms with van der Waals surface area (Å²) >= 11 is 1.33. The average Bonchev–Trinajstić information content (AvgIpc) is 3.08. The number of hydrogen-bond donors (Lipinski definition) is 0. The number of esters is 1. The molecule has 1 saturated heterocycles. The Labute approximate surface area is 168 Å². The Morgan fingerprint density at radius 1 is 1.32 bits per heavy atom. The third-order valence-corrected chi connectivity index (χ3v) is 5.67. The quantitative estimate of drug-likeness (QED) is 0.551. The van der Waals surface area contributed by atoms with Gasteiger partial charge in [-0.3, -0.25) is 9.59 Å². The van der Waals surface area contributed by atoms with Gasteiger partial charge in [-0.15, -0.1) is 0 Å². The van der Waals surface area contributed by atoms with Gasteiger partial charge in [0.15, 0.2) is 16.7 Å². The molecule has 0 spiro atoms. The first-order chi connectivity index (χ1) is 13.5. The summed E-state index contributed by atoms with van der Waals surface area (Å²) in [5, 5.41) is 0.644. The maximum Gasteiger partial charge on any atom is 0.310 e. The lowest BCUT2D eigenvalue weighted by atomic mass is 9.99. The van der Waals surface area contributed by atoms with Gasteiger partial charge in [0, 0.05) is 13.1 Å². The van der Waals surface area contributed by atoms with Gasteiger partial charge >= 0.3 is 5.97 Å². The molecule has 3 rings (SSSR count). The molecular weight excluding hydrogens is 380 g/mol. The standard InChI is InChI=1S/C20H24N2O5S/c1-4-27-19(24)14-6-5-9-22(12-14)20-21-18(23)17(28-20)11-13-7-8-15(25-2)16(10-13)26-3/h7-8,10-11,14H,4-6,9,12H2,1-3H3/b17-11-/t14-/m0/s1. The highest BCUT2D eigenvalue weighted by atomic mass is 32.2. The number of piperidine rings is 1. The largest absolute Gasteiger partial charge is 0.493 e. The second-order valence-electron chi connectivity index (χ2n) is 6.46. The molecule has 7 nitrogen and oxygen atoms in total. The van der Waals surface area contributed by atoms with E-state index in [4.69, 9.17) is 14.2 Å². The van der Waals surface area contributed by atoms with Crippen LogP contribution in [0.1, 0.15) is 25.3 Å². The van der Waals surface area contributed by atoms with E-state index in [0.29, 0.717) is 34.7 Å². The monoisotopic (exact) mass is 404 g/mol. The van der Waals surface area contributed by atoms with Crippen molar-refractivity contribution >= 4 is 34.9 Å². The summed E-state index contributed by atoms with van der Waals surface area (Å²) in [7, 11) is 3.15. The minimum Gasteiger partial charge on any atom is -0.493 e. The van der Waals surface area contributed by atoms with Crippen LogP contribution in [-0.2, 0) is 14.3 Å². The molecule has 0 aromatic heterocycles. The maximum absolute atomic E-state index is 12.4. The van der Waals surface area contributed by atoms with E-state index in [0.717, 1.165) is 24.9 Å². The van der Waals surface area contributed by atoms with Crippen molar-refractivity contribution in [2.45, 2.75) is 19.8 Å². The van der Waals surface area contributed by atoms with Gasteiger partial charge in [-0.05, 0) is 55.3 Å². The van der Waals surface area contributed by atoms with Crippen molar-refractivity contribution in [3.8, 4) is 11.5 Å². The molecule has 28 heavy (non-hydrogen) atoms. The Balaban J connectivity index is 1.71. The number of hydrogen-bond acceptors (Lipinski definition) is 7. The van der Waals surface area contributed by atoms with Gasteiger partial charge in [0.1, 0.15) is 0 Å². The summed E-state index contributed by atoms with van der Waals surface area (Å²) in [6, 6.07) is 5.47. The van der Waals surface area contributed by atoms with E-state index < -0.39 is 0 Å². The Hall–Kier alpha value is -2.48. The molecule has 1 aromatic rings. The summed E-state index contributed by atoms with van der Waals surface area (Å²) in [5.41, 5.74) is 0.827. The zero-order valence-corrected chi connectivity index (χ0v) is 17.1. The first kappa shape index (κ1) is 20.3. The molecule has 0 N–H and O–H groups in total. The normalized spacial score (nSPS) is 20.9. The van der Waals surface area contributed by atoms with Crippen LogP contribution in [0.25, 0.3) is 6.08 Å². The number of carbonyl (C=O) groups is 2. The average molecular weight is 404 g/mol. The van der Waals surface area contributed by atoms with Gasteiger partial charge in [0.25, 0.3) is 5.91 Å². The summed E-state index contributed by atoms with van der Waals surface area (Å²) in [6.07, 6.45) is 3.46. The zero-order valence-electron chi connectivity index (χ0n) is 16.3. The van der Waals surface area contributed by atoms with Crippen molar-refractivity contribution in [2.24, 2.45) is 10.9 Å². The summed E-state index contributed by atoms with van der Waals surface area (Å²) in [4.78, 5) is 31.2. The molecule has 0 bridgehead atoms. The predicted molar refractivity (Wildman–Crippen MR) is 108 cm³/mol. The molecule has 0 unspecified atom stereocenters. The van der Waals surface area contributed by atoms with Crippen molar-refractivity contribution in [3.63, 3.8) is 0 Å². The highest BCUT2D eigenvalue weighted by Gasteiger charge is 2.32. The van der Waals surface area contributed by atoms with Gasteiger partial charge in [-0.1, -0.05) is 6.07 Å². The van der Waals surface area contributed by atoms with Crippen molar-refractivity contribution in [3.05, 3.63) is 28.7 Å². The number of amides is 1. The zero-order chi connectivity index (χ0) is 20.1. The second kappa shape index (κ2) is 9.14. The number of amidine groups is 1. The second-order valence-corrected chi connectivity index (χ2v) is 7.47. The van der Waals surface area contributed by atoms with Crippen molar-refractivity contribution < 1.29 is 23.8 Å². The number of thioether (sulfide) groups is 1. The maximum atomic E-state index is 12.4. The first-order valence-corrected chi connectivity index (χ1v) is 10.0. The van der Waals surface area contributed by atoms with Gasteiger partial charge < -0.3 is 19.1 Å². The number of likely N-dealkylation sites (tertiary alicyclic amines) is 1. The minimum atomic E-state index is -0.270. The lowest BCUT2D eigenvalue weighted by Crippen LogP contribution is -2.41. The molecule has 0 aliphatic carbocycles. The van der Waals surface area contributed by atoms with Crippen molar-refractivity contribution in [2.75, 3.05) is 33.9 Å². The molecule has 2 heterocycles. The van der Waals surface area contributed by atoms with E-state index in [1.54, 1.807) is 33.3 Å². The van der Waals surface area contributed by atoms with Crippen LogP contribution in [0.2, 0.25) is 0 Å². The molecule has 0 radical (unpaired) electrons. The van der Waals surface area contributed by atoms with E-state index >= 15 is 0 Å². The molecule has 2 aliphatic rings. The molecule has 1 atom stereocenters. The van der Waals surface area contributed by atoms with Crippen LogP contribution in [0.5, 0.6) is 11.5 Å². The number of nitrogens with zero attached hydrogens (tertiary/aromatic N) is 2. The Kier molecular flexibility index (Phi) is 6.61. The fourth-order valence-electron chi connectivity index (χ4n) is 3.23. The van der Waals surface area contributed by atoms with Gasteiger partial charge in [-0.2, -0.15) is 4.99 Å². The van der Waals surface area contributed by atoms with Crippen LogP contribution in [0.3, 0.4) is 0 Å². The lowest BCUT2D eigenvalue weighted by molar-refractivity contribution is -0.149. The third-order valence-electron chi connectivity index (χ3n) is 4.63. The fourth-order valence-corrected chi connectivity index (χ4v) is 4.18. The number of methoxy groups -OCH3 is 2. The molecular formula is C20H24N2O5S. The fraction of sp³-hybridized carbons (Fsp3) is 0.450. The number of carbonyl (C=O) groups excluding carboxylic acids is 2. The Morgan fingerprint density at radius 3 is 2.82 bits per heavy atom. The molecule has 150 valence electrons. The molecule has 2 aliphatic heterocycles. The van der Waals surface area contributed by atoms with Crippen LogP contribution in [0, 0.1) is 5.92 Å². The van der Waals surface area contributed by atoms with Crippen LogP contribution in [0.15, 0.2) is 28.1 Å². The summed E-state index contributed by atoms with van der Waals surface area (Å²) < 4.78 is 15.7. The first-order valence-electron chi connectivity index (χ1n) is 9.21. The number of rotatable bonds is 5. The van der Waals surface area contributed by atoms with E-state index in [1.165, 1.54) is 11.8 Å². The third kappa shape index (κ3) is 4.49. The molecule has 0 saturated carbocycles. The highest BCUT2D eigenvalue weighted by Crippen LogP contribution is 2.34. The van der Waals surface area contributed by atoms with E-state index in [-0.39, 0.29) is 17.8 Å². The van der Waals surface area contributed by atoms with E-state index in [2.05, 4.69) is 4.99 Å². The van der Waals surface area contributed by atoms with Crippen LogP contribution < -0.4 is 9.47 Å². The lowest BCUT2D eigenvalue weighted by Gasteiger charge is -2.32. The van der Waals surface area contributed by atoms with E-state index in [1.807, 2.05) is 17.0 Å². The smallest absolute Gasteiger partial charge is 0.310 e. The van der Waals surface area contributed by atoms with Crippen molar-refractivity contribution in [1.29, 1.82) is 0 Å². The highest BCUT2D eigenvalue weighted by molar-refractivity contribution is 8.18. The number of benzene rings is 1. The SMILES string of the molecule is CCOC(=O)[C@H]1CCCN(C2=NC(=O)/C(=C/c3ccc(OC)c(OC)c3)S2)C1. The van der Waals surface area contributed by atoms with Gasteiger partial charge in [0.2, 0.25) is 0 Å². The van der Waals surface area contributed by atoms with Crippen LogP contribution in [0.4, 0.5) is 0 Å². The van der Waals surface area contributed by atoms with Crippen LogP contribution >= 0.6 is 11.8 Å². The molecule has 8 heteroatoms. The van der Waals surface area contributed by atoms with Crippen molar-refractivity contribution in [1.82, 2.24) is 4.90 Å². The predicted octanol–water partition coefficient (Wildman–Crippen LogP) is 2.95. The van der Waals surface area contributed by atoms with Crippen LogP contribution in [-0.4, -0.2) is 55.9 Å². The summed E-state index contributed by atoms with van der Waals surface area (Å²) in [6.45, 7) is 3.49. The molecule has 1 aromatic carbocycles. The van der Waals surface area contributed by atoms with Gasteiger partial charge in [0.05, 0.1) is 31.6 Å².